The fraction of sp³-hybridized carbons (Fsp3) is 0.611. The van der Waals surface area contributed by atoms with Crippen LogP contribution in [-0.4, -0.2) is 12.3 Å². The molecule has 0 amide bonds. The van der Waals surface area contributed by atoms with Gasteiger partial charge in [-0.25, -0.2) is 0 Å². The summed E-state index contributed by atoms with van der Waals surface area (Å²) in [6, 6.07) is 4.73. The van der Waals surface area contributed by atoms with Gasteiger partial charge in [-0.1, -0.05) is 34.6 Å². The quantitative estimate of drug-likeness (QED) is 0.684. The molecule has 0 saturated carbocycles. The van der Waals surface area contributed by atoms with Crippen LogP contribution >= 0.6 is 0 Å². The first-order valence-corrected chi connectivity index (χ1v) is 7.36. The molecule has 0 radical (unpaired) electrons. The van der Waals surface area contributed by atoms with Crippen molar-refractivity contribution < 1.29 is 0 Å². The standard InChI is InChI=1S/C18H27N/c1-8-19-12(2)13-9-15(17(3,4)5)14-11-18(6,7)16(14)10-13/h9-10H,8,11H2,1-7H3. The van der Waals surface area contributed by atoms with E-state index in [-0.39, 0.29) is 5.41 Å². The van der Waals surface area contributed by atoms with Crippen LogP contribution in [0.15, 0.2) is 17.1 Å². The summed E-state index contributed by atoms with van der Waals surface area (Å²) >= 11 is 0. The first-order valence-electron chi connectivity index (χ1n) is 7.36. The number of aliphatic imine (C=N–C) groups is 1. The van der Waals surface area contributed by atoms with Crippen molar-refractivity contribution in [3.8, 4) is 0 Å². The van der Waals surface area contributed by atoms with E-state index in [0.717, 1.165) is 6.54 Å². The lowest BCUT2D eigenvalue weighted by Crippen LogP contribution is -2.36. The van der Waals surface area contributed by atoms with Gasteiger partial charge in [0.25, 0.3) is 0 Å². The highest BCUT2D eigenvalue weighted by Crippen LogP contribution is 2.46. The third-order valence-electron chi connectivity index (χ3n) is 4.22. The summed E-state index contributed by atoms with van der Waals surface area (Å²) in [7, 11) is 0. The van der Waals surface area contributed by atoms with Crippen LogP contribution in [0.2, 0.25) is 0 Å². The molecule has 0 saturated heterocycles. The first-order chi connectivity index (χ1) is 8.66. The van der Waals surface area contributed by atoms with Gasteiger partial charge in [0.05, 0.1) is 0 Å². The van der Waals surface area contributed by atoms with Gasteiger partial charge in [0.1, 0.15) is 0 Å². The summed E-state index contributed by atoms with van der Waals surface area (Å²) in [6.07, 6.45) is 1.21. The average Bonchev–Trinajstić information content (AvgIpc) is 2.26. The van der Waals surface area contributed by atoms with Gasteiger partial charge in [0.15, 0.2) is 0 Å². The minimum atomic E-state index is 0.211. The lowest BCUT2D eigenvalue weighted by atomic mass is 9.62. The SMILES string of the molecule is CCN=C(C)c1cc(C(C)(C)C)c2c(c1)C(C)(C)C2. The van der Waals surface area contributed by atoms with E-state index in [2.05, 4.69) is 65.6 Å². The molecule has 0 bridgehead atoms. The fourth-order valence-corrected chi connectivity index (χ4v) is 3.10. The average molecular weight is 257 g/mol. The van der Waals surface area contributed by atoms with E-state index in [9.17, 15) is 0 Å². The zero-order valence-electron chi connectivity index (χ0n) is 13.5. The highest BCUT2D eigenvalue weighted by molar-refractivity contribution is 5.99. The smallest absolute Gasteiger partial charge is 0.0389 e. The Hall–Kier alpha value is -1.11. The van der Waals surface area contributed by atoms with Crippen molar-refractivity contribution in [2.75, 3.05) is 6.54 Å². The summed E-state index contributed by atoms with van der Waals surface area (Å²) < 4.78 is 0. The summed E-state index contributed by atoms with van der Waals surface area (Å²) in [5, 5.41) is 0. The number of benzene rings is 1. The molecule has 0 spiro atoms. The van der Waals surface area contributed by atoms with Crippen molar-refractivity contribution in [2.24, 2.45) is 4.99 Å². The van der Waals surface area contributed by atoms with Gasteiger partial charge in [-0.2, -0.15) is 0 Å². The molecule has 0 heterocycles. The van der Waals surface area contributed by atoms with Gasteiger partial charge in [-0.15, -0.1) is 0 Å². The van der Waals surface area contributed by atoms with Crippen molar-refractivity contribution in [1.82, 2.24) is 0 Å². The molecule has 2 rings (SSSR count). The second-order valence-electron chi connectivity index (χ2n) is 7.42. The van der Waals surface area contributed by atoms with Gasteiger partial charge >= 0.3 is 0 Å². The van der Waals surface area contributed by atoms with Crippen LogP contribution in [0.5, 0.6) is 0 Å². The molecule has 1 aromatic rings. The Morgan fingerprint density at radius 3 is 2.37 bits per heavy atom. The van der Waals surface area contributed by atoms with Crippen LogP contribution in [0.4, 0.5) is 0 Å². The Kier molecular flexibility index (Phi) is 3.36. The van der Waals surface area contributed by atoms with E-state index < -0.39 is 0 Å². The summed E-state index contributed by atoms with van der Waals surface area (Å²) in [6.45, 7) is 16.7. The molecule has 0 aromatic heterocycles. The van der Waals surface area contributed by atoms with Crippen molar-refractivity contribution in [3.05, 3.63) is 34.4 Å². The topological polar surface area (TPSA) is 12.4 Å². The van der Waals surface area contributed by atoms with E-state index in [0.29, 0.717) is 5.41 Å². The Bertz CT molecular complexity index is 527. The summed E-state index contributed by atoms with van der Waals surface area (Å²) in [5.74, 6) is 0. The van der Waals surface area contributed by atoms with Crippen molar-refractivity contribution in [2.45, 2.75) is 65.7 Å². The van der Waals surface area contributed by atoms with Gasteiger partial charge in [0.2, 0.25) is 0 Å². The minimum Gasteiger partial charge on any atom is -0.290 e. The third-order valence-corrected chi connectivity index (χ3v) is 4.22. The van der Waals surface area contributed by atoms with E-state index >= 15 is 0 Å². The number of nitrogens with zero attached hydrogens (tertiary/aromatic N) is 1. The zero-order chi connectivity index (χ0) is 14.4. The summed E-state index contributed by atoms with van der Waals surface area (Å²) in [5.41, 5.74) is 7.62. The Morgan fingerprint density at radius 1 is 1.26 bits per heavy atom. The predicted molar refractivity (Wildman–Crippen MR) is 84.6 cm³/mol. The fourth-order valence-electron chi connectivity index (χ4n) is 3.10. The van der Waals surface area contributed by atoms with Crippen molar-refractivity contribution in [3.63, 3.8) is 0 Å². The lowest BCUT2D eigenvalue weighted by Gasteiger charge is -2.42. The molecule has 0 atom stereocenters. The van der Waals surface area contributed by atoms with Crippen LogP contribution in [0.25, 0.3) is 0 Å². The highest BCUT2D eigenvalue weighted by atomic mass is 14.7. The molecule has 1 heteroatoms. The van der Waals surface area contributed by atoms with Crippen LogP contribution in [0.1, 0.15) is 70.7 Å². The third kappa shape index (κ3) is 2.48. The monoisotopic (exact) mass is 257 g/mol. The first kappa shape index (κ1) is 14.3. The maximum Gasteiger partial charge on any atom is 0.0389 e. The number of hydrogen-bond acceptors (Lipinski definition) is 1. The molecule has 1 nitrogen and oxygen atoms in total. The molecule has 0 fully saturated rings. The van der Waals surface area contributed by atoms with Crippen LogP contribution in [0, 0.1) is 0 Å². The van der Waals surface area contributed by atoms with E-state index in [4.69, 9.17) is 0 Å². The molecule has 1 aliphatic carbocycles. The summed E-state index contributed by atoms with van der Waals surface area (Å²) in [4.78, 5) is 4.58. The van der Waals surface area contributed by atoms with Crippen molar-refractivity contribution >= 4 is 5.71 Å². The molecule has 0 N–H and O–H groups in total. The van der Waals surface area contributed by atoms with E-state index in [1.165, 1.54) is 28.8 Å². The number of rotatable bonds is 2. The number of fused-ring (bicyclic) bond motifs is 1. The second-order valence-corrected chi connectivity index (χ2v) is 7.42. The van der Waals surface area contributed by atoms with Gasteiger partial charge < -0.3 is 0 Å². The molecule has 0 unspecified atom stereocenters. The molecular formula is C18H27N. The van der Waals surface area contributed by atoms with Gasteiger partial charge in [-0.05, 0) is 65.5 Å². The lowest BCUT2D eigenvalue weighted by molar-refractivity contribution is 0.438. The maximum atomic E-state index is 4.58. The normalized spacial score (nSPS) is 17.9. The second kappa shape index (κ2) is 4.47. The van der Waals surface area contributed by atoms with Crippen LogP contribution in [-0.2, 0) is 17.3 Å². The molecule has 1 aromatic carbocycles. The molecule has 104 valence electrons. The Balaban J connectivity index is 2.61. The van der Waals surface area contributed by atoms with Gasteiger partial charge in [0, 0.05) is 12.3 Å². The highest BCUT2D eigenvalue weighted by Gasteiger charge is 2.38. The van der Waals surface area contributed by atoms with Gasteiger partial charge in [-0.3, -0.25) is 4.99 Å². The minimum absolute atomic E-state index is 0.211. The molecular weight excluding hydrogens is 230 g/mol. The Morgan fingerprint density at radius 2 is 1.89 bits per heavy atom. The maximum absolute atomic E-state index is 4.58. The van der Waals surface area contributed by atoms with E-state index in [1.54, 1.807) is 5.56 Å². The van der Waals surface area contributed by atoms with Crippen molar-refractivity contribution in [1.29, 1.82) is 0 Å². The predicted octanol–water partition coefficient (Wildman–Crippen LogP) is 4.65. The largest absolute Gasteiger partial charge is 0.290 e. The van der Waals surface area contributed by atoms with E-state index in [1.807, 2.05) is 0 Å². The molecule has 0 aliphatic heterocycles. The number of hydrogen-bond donors (Lipinski definition) is 0. The Labute approximate surface area is 118 Å². The molecule has 19 heavy (non-hydrogen) atoms. The zero-order valence-corrected chi connectivity index (χ0v) is 13.5. The van der Waals surface area contributed by atoms with Crippen LogP contribution < -0.4 is 0 Å². The molecule has 1 aliphatic rings. The van der Waals surface area contributed by atoms with Crippen LogP contribution in [0.3, 0.4) is 0 Å².